The van der Waals surface area contributed by atoms with E-state index in [1.165, 1.54) is 48.5 Å². The van der Waals surface area contributed by atoms with Gasteiger partial charge in [0.05, 0.1) is 22.8 Å². The molecule has 0 amide bonds. The molecule has 18 heteroatoms. The largest absolute Gasteiger partial charge is 0.516 e. The van der Waals surface area contributed by atoms with Gasteiger partial charge in [0.15, 0.2) is 0 Å². The summed E-state index contributed by atoms with van der Waals surface area (Å²) in [5, 5.41) is 8.77. The van der Waals surface area contributed by atoms with Crippen molar-refractivity contribution < 1.29 is 80.9 Å². The first kappa shape index (κ1) is 68.7. The molecule has 0 fully saturated rings. The van der Waals surface area contributed by atoms with Gasteiger partial charge in [-0.2, -0.15) is 5.26 Å². The molecule has 18 nitrogen and oxygen atoms in total. The maximum absolute atomic E-state index is 12.9. The molecule has 0 bridgehead atoms. The van der Waals surface area contributed by atoms with Crippen LogP contribution in [0.2, 0.25) is 0 Å². The van der Waals surface area contributed by atoms with Gasteiger partial charge in [0, 0.05) is 24.1 Å². The second kappa shape index (κ2) is 33.6. The van der Waals surface area contributed by atoms with Crippen LogP contribution >= 0.6 is 0 Å². The van der Waals surface area contributed by atoms with Crippen LogP contribution in [0.4, 0.5) is 9.59 Å². The standard InChI is InChI=1S/C38H28O14.C17H13NO3.6CH4/c1-4-33(39)45-20-47-37(43)51-25-10-6-23(7-11-25)35(41)49-27-14-16-29-30-17-15-28(19-32(30)22(3)31(29)18-27)50-36(42)24-8-12-26(13-9-24)52-38(44)48-21-46-34(40)5-2;1-2-17(19)21-12-20-16-9-7-15(8-10-16)14-5-3-13(11-18)4-6-14;;;;;;/h4-19,22H,1-2,20-21H2,3H3;2-10H,1,12H2;6*1H4. The predicted molar refractivity (Wildman–Crippen MR) is 297 cm³/mol. The van der Waals surface area contributed by atoms with Crippen molar-refractivity contribution >= 4 is 42.2 Å². The number of carbonyl (C=O) groups is 7. The van der Waals surface area contributed by atoms with Gasteiger partial charge in [0.2, 0.25) is 20.4 Å². The number of nitrogens with zero attached hydrogens (tertiary/aromatic N) is 1. The van der Waals surface area contributed by atoms with Crippen LogP contribution in [0.3, 0.4) is 0 Å². The zero-order valence-electron chi connectivity index (χ0n) is 38.6. The second-order valence-electron chi connectivity index (χ2n) is 14.8. The van der Waals surface area contributed by atoms with Crippen molar-refractivity contribution in [3.05, 3.63) is 199 Å². The van der Waals surface area contributed by atoms with Gasteiger partial charge in [-0.05, 0) is 130 Å². The van der Waals surface area contributed by atoms with E-state index in [-0.39, 0.29) is 79.9 Å². The Balaban J connectivity index is 0.00000191. The summed E-state index contributed by atoms with van der Waals surface area (Å²) < 4.78 is 49.5. The van der Waals surface area contributed by atoms with Crippen molar-refractivity contribution in [2.24, 2.45) is 0 Å². The molecule has 0 aliphatic heterocycles. The van der Waals surface area contributed by atoms with E-state index in [0.717, 1.165) is 51.6 Å². The molecule has 0 atom stereocenters. The quantitative estimate of drug-likeness (QED) is 0.0206. The molecule has 0 heterocycles. The number of esters is 5. The number of benzene rings is 6. The molecule has 0 spiro atoms. The van der Waals surface area contributed by atoms with Crippen LogP contribution in [0.5, 0.6) is 28.7 Å². The molecule has 1 aliphatic carbocycles. The highest BCUT2D eigenvalue weighted by Gasteiger charge is 2.27. The lowest BCUT2D eigenvalue weighted by Crippen LogP contribution is -2.15. The van der Waals surface area contributed by atoms with Gasteiger partial charge in [-0.1, -0.05) is 108 Å². The van der Waals surface area contributed by atoms with E-state index in [4.69, 9.17) is 33.7 Å². The zero-order valence-corrected chi connectivity index (χ0v) is 38.6. The summed E-state index contributed by atoms with van der Waals surface area (Å²) in [4.78, 5) is 82.1. The molecule has 0 saturated heterocycles. The highest BCUT2D eigenvalue weighted by molar-refractivity contribution is 5.93. The maximum Gasteiger partial charge on any atom is 0.516 e. The minimum atomic E-state index is -1.11. The number of nitriles is 1. The lowest BCUT2D eigenvalue weighted by Gasteiger charge is -2.10. The third-order valence-corrected chi connectivity index (χ3v) is 10.2. The normalized spacial score (nSPS) is 9.82. The van der Waals surface area contributed by atoms with E-state index in [0.29, 0.717) is 22.8 Å². The highest BCUT2D eigenvalue weighted by Crippen LogP contribution is 2.47. The monoisotopic (exact) mass is 1080 g/mol. The van der Waals surface area contributed by atoms with Crippen molar-refractivity contribution in [1.29, 1.82) is 5.26 Å². The molecule has 79 heavy (non-hydrogen) atoms. The van der Waals surface area contributed by atoms with Crippen LogP contribution in [0.15, 0.2) is 171 Å². The second-order valence-corrected chi connectivity index (χ2v) is 14.8. The summed E-state index contributed by atoms with van der Waals surface area (Å²) >= 11 is 0. The van der Waals surface area contributed by atoms with E-state index >= 15 is 0 Å². The van der Waals surface area contributed by atoms with Crippen molar-refractivity contribution in [3.8, 4) is 57.1 Å². The van der Waals surface area contributed by atoms with Crippen molar-refractivity contribution in [2.45, 2.75) is 57.4 Å². The lowest BCUT2D eigenvalue weighted by atomic mass is 9.99. The number of hydrogen-bond donors (Lipinski definition) is 0. The van der Waals surface area contributed by atoms with Crippen LogP contribution < -0.4 is 23.7 Å². The third-order valence-electron chi connectivity index (χ3n) is 10.2. The molecule has 416 valence electrons. The van der Waals surface area contributed by atoms with Crippen LogP contribution in [0.25, 0.3) is 22.3 Å². The number of carbonyl (C=O) groups excluding carboxylic acids is 7. The van der Waals surface area contributed by atoms with Crippen molar-refractivity contribution in [2.75, 3.05) is 20.4 Å². The van der Waals surface area contributed by atoms with Gasteiger partial charge in [-0.25, -0.2) is 33.6 Å². The Morgan fingerprint density at radius 2 is 0.785 bits per heavy atom. The minimum absolute atomic E-state index is 0. The lowest BCUT2D eigenvalue weighted by molar-refractivity contribution is -0.147. The smallest absolute Gasteiger partial charge is 0.457 e. The van der Waals surface area contributed by atoms with Crippen LogP contribution in [-0.2, 0) is 38.1 Å². The zero-order chi connectivity index (χ0) is 52.3. The molecule has 0 saturated carbocycles. The topological polar surface area (TPSA) is 236 Å². The summed E-state index contributed by atoms with van der Waals surface area (Å²) in [5.41, 5.74) is 6.70. The fourth-order valence-corrected chi connectivity index (χ4v) is 6.57. The molecule has 0 radical (unpaired) electrons. The summed E-state index contributed by atoms with van der Waals surface area (Å²) in [6.07, 6.45) is 0.682. The van der Waals surface area contributed by atoms with Gasteiger partial charge >= 0.3 is 42.2 Å². The molecule has 7 rings (SSSR count). The van der Waals surface area contributed by atoms with Gasteiger partial charge in [0.25, 0.3) is 0 Å². The van der Waals surface area contributed by atoms with Gasteiger partial charge in [-0.15, -0.1) is 0 Å². The first-order chi connectivity index (χ1) is 35.3. The Morgan fingerprint density at radius 3 is 1.15 bits per heavy atom. The first-order valence-electron chi connectivity index (χ1n) is 21.5. The number of rotatable bonds is 17. The van der Waals surface area contributed by atoms with Gasteiger partial charge in [0.1, 0.15) is 28.7 Å². The van der Waals surface area contributed by atoms with E-state index in [1.807, 2.05) is 43.3 Å². The van der Waals surface area contributed by atoms with E-state index < -0.39 is 55.7 Å². The van der Waals surface area contributed by atoms with E-state index in [1.54, 1.807) is 48.5 Å². The molecule has 0 unspecified atom stereocenters. The highest BCUT2D eigenvalue weighted by atomic mass is 16.8. The Hall–Kier alpha value is -10.3. The van der Waals surface area contributed by atoms with Gasteiger partial charge < -0.3 is 47.4 Å². The number of ether oxygens (including phenoxy) is 10. The molecular weight excluding hydrogens is 1020 g/mol. The molecule has 6 aromatic rings. The van der Waals surface area contributed by atoms with Crippen molar-refractivity contribution in [3.63, 3.8) is 0 Å². The number of fused-ring (bicyclic) bond motifs is 3. The summed E-state index contributed by atoms with van der Waals surface area (Å²) in [6.45, 7) is 10.3. The fourth-order valence-electron chi connectivity index (χ4n) is 6.57. The Labute approximate surface area is 460 Å². The van der Waals surface area contributed by atoms with Crippen LogP contribution in [-0.4, -0.2) is 62.5 Å². The van der Waals surface area contributed by atoms with Crippen LogP contribution in [0, 0.1) is 11.3 Å². The average Bonchev–Trinajstić information content (AvgIpc) is 3.70. The summed E-state index contributed by atoms with van der Waals surface area (Å²) in [6, 6.07) is 38.4. The Morgan fingerprint density at radius 1 is 0.443 bits per heavy atom. The summed E-state index contributed by atoms with van der Waals surface area (Å²) in [7, 11) is 0. The molecular formula is C61H65NO17. The molecule has 0 aromatic heterocycles. The Kier molecular flexibility index (Phi) is 29.2. The fraction of sp³-hybridized carbons (Fsp3) is 0.180. The van der Waals surface area contributed by atoms with Gasteiger partial charge in [-0.3, -0.25) is 0 Å². The Bertz CT molecular complexity index is 2940. The molecule has 0 N–H and O–H groups in total. The molecule has 1 aliphatic rings. The van der Waals surface area contributed by atoms with E-state index in [9.17, 15) is 33.6 Å². The SMILES string of the molecule is C.C.C.C.C.C.C=CC(=O)OCOC(=O)Oc1ccc(C(=O)Oc2ccc3c(c2)C(C)c2cc(OC(=O)c4ccc(OC(=O)OCOC(=O)C=C)cc4)ccc2-3)cc1.C=CC(=O)OCOc1ccc(-c2ccc(C#N)cc2)cc1. The maximum atomic E-state index is 12.9. The average molecular weight is 1080 g/mol. The van der Waals surface area contributed by atoms with Crippen molar-refractivity contribution in [1.82, 2.24) is 0 Å². The predicted octanol–water partition coefficient (Wildman–Crippen LogP) is 13.8. The summed E-state index contributed by atoms with van der Waals surface area (Å²) in [5.74, 6) is -2.09. The first-order valence-corrected chi connectivity index (χ1v) is 21.5. The minimum Gasteiger partial charge on any atom is -0.457 e. The van der Waals surface area contributed by atoms with E-state index in [2.05, 4.69) is 44.8 Å². The number of hydrogen-bond acceptors (Lipinski definition) is 18. The van der Waals surface area contributed by atoms with Crippen LogP contribution in [0.1, 0.15) is 94.8 Å². The molecule has 6 aromatic carbocycles. The third kappa shape index (κ3) is 19.7.